The molecule has 2 saturated heterocycles. The summed E-state index contributed by atoms with van der Waals surface area (Å²) >= 11 is 0. The molecule has 0 radical (unpaired) electrons. The minimum atomic E-state index is 0.101. The Morgan fingerprint density at radius 1 is 1.32 bits per heavy atom. The molecule has 4 rings (SSSR count). The number of fused-ring (bicyclic) bond motifs is 3. The Bertz CT molecular complexity index is 479. The highest BCUT2D eigenvalue weighted by Crippen LogP contribution is 2.43. The summed E-state index contributed by atoms with van der Waals surface area (Å²) in [5, 5.41) is 0. The topological polar surface area (TPSA) is 29.5 Å². The summed E-state index contributed by atoms with van der Waals surface area (Å²) in [6.45, 7) is 4.39. The van der Waals surface area contributed by atoms with Crippen molar-refractivity contribution in [1.29, 1.82) is 0 Å². The fourth-order valence-electron chi connectivity index (χ4n) is 4.41. The minimum absolute atomic E-state index is 0.101. The second-order valence-corrected chi connectivity index (χ2v) is 6.34. The zero-order valence-electron chi connectivity index (χ0n) is 11.5. The third-order valence-electron chi connectivity index (χ3n) is 5.28. The number of hydrogen-bond donors (Lipinski definition) is 0. The standard InChI is InChI=1S/C16H21NO2/c1-10-4-2-6-12-14(10)16(18)15-11-5-3-8-17(11)9-7-13(15)19-12/h2,4,10-11,13,15H,3,5-9H2,1H3/t10-,11+,13-,15+/m0/s1. The van der Waals surface area contributed by atoms with Crippen LogP contribution in [0.15, 0.2) is 23.5 Å². The Labute approximate surface area is 114 Å². The number of Topliss-reactive ketones (excluding diaryl/α,β-unsaturated/α-hetero) is 1. The lowest BCUT2D eigenvalue weighted by Gasteiger charge is -2.45. The lowest BCUT2D eigenvalue weighted by Crippen LogP contribution is -2.54. The normalized spacial score (nSPS) is 41.6. The van der Waals surface area contributed by atoms with Gasteiger partial charge >= 0.3 is 0 Å². The van der Waals surface area contributed by atoms with Crippen LogP contribution in [0, 0.1) is 11.8 Å². The van der Waals surface area contributed by atoms with Crippen LogP contribution in [0.2, 0.25) is 0 Å². The van der Waals surface area contributed by atoms with Gasteiger partial charge in [-0.05, 0) is 25.8 Å². The first-order valence-corrected chi connectivity index (χ1v) is 7.60. The molecule has 0 bridgehead atoms. The van der Waals surface area contributed by atoms with Crippen molar-refractivity contribution in [2.45, 2.75) is 44.8 Å². The maximum atomic E-state index is 12.9. The van der Waals surface area contributed by atoms with E-state index < -0.39 is 0 Å². The number of hydrogen-bond acceptors (Lipinski definition) is 3. The van der Waals surface area contributed by atoms with E-state index in [0.29, 0.717) is 11.8 Å². The lowest BCUT2D eigenvalue weighted by atomic mass is 9.75. The SMILES string of the molecule is C[C@H]1C=CCC2=C1C(=O)[C@H]1[C@H](CCN3CCC[C@H]13)O2. The third kappa shape index (κ3) is 1.64. The van der Waals surface area contributed by atoms with Crippen LogP contribution in [0.25, 0.3) is 0 Å². The van der Waals surface area contributed by atoms with Crippen LogP contribution in [0.3, 0.4) is 0 Å². The van der Waals surface area contributed by atoms with Gasteiger partial charge in [-0.2, -0.15) is 0 Å². The van der Waals surface area contributed by atoms with Crippen molar-refractivity contribution < 1.29 is 9.53 Å². The molecule has 3 heterocycles. The Hall–Kier alpha value is -1.09. The molecule has 0 N–H and O–H groups in total. The van der Waals surface area contributed by atoms with Gasteiger partial charge < -0.3 is 4.74 Å². The number of carbonyl (C=O) groups is 1. The van der Waals surface area contributed by atoms with E-state index in [2.05, 4.69) is 24.0 Å². The number of ether oxygens (including phenoxy) is 1. The lowest BCUT2D eigenvalue weighted by molar-refractivity contribution is -0.134. The Morgan fingerprint density at radius 2 is 2.21 bits per heavy atom. The summed E-state index contributed by atoms with van der Waals surface area (Å²) in [5.74, 6) is 1.69. The van der Waals surface area contributed by atoms with Gasteiger partial charge in [0.25, 0.3) is 0 Å². The molecule has 0 aromatic carbocycles. The van der Waals surface area contributed by atoms with E-state index in [9.17, 15) is 4.79 Å². The number of rotatable bonds is 0. The van der Waals surface area contributed by atoms with E-state index in [4.69, 9.17) is 4.74 Å². The monoisotopic (exact) mass is 259 g/mol. The molecular weight excluding hydrogens is 238 g/mol. The van der Waals surface area contributed by atoms with Gasteiger partial charge in [-0.15, -0.1) is 0 Å². The summed E-state index contributed by atoms with van der Waals surface area (Å²) in [7, 11) is 0. The van der Waals surface area contributed by atoms with Gasteiger partial charge in [-0.1, -0.05) is 19.1 Å². The molecule has 4 atom stereocenters. The Kier molecular flexibility index (Phi) is 2.59. The van der Waals surface area contributed by atoms with Gasteiger partial charge in [-0.3, -0.25) is 9.69 Å². The largest absolute Gasteiger partial charge is 0.493 e. The molecule has 3 nitrogen and oxygen atoms in total. The van der Waals surface area contributed by atoms with Crippen molar-refractivity contribution in [3.05, 3.63) is 23.5 Å². The van der Waals surface area contributed by atoms with Crippen molar-refractivity contribution in [3.63, 3.8) is 0 Å². The first-order chi connectivity index (χ1) is 9.25. The van der Waals surface area contributed by atoms with Crippen molar-refractivity contribution in [2.24, 2.45) is 11.8 Å². The first-order valence-electron chi connectivity index (χ1n) is 7.60. The van der Waals surface area contributed by atoms with E-state index in [-0.39, 0.29) is 17.9 Å². The van der Waals surface area contributed by atoms with Crippen molar-refractivity contribution in [2.75, 3.05) is 13.1 Å². The fourth-order valence-corrected chi connectivity index (χ4v) is 4.41. The molecule has 3 aliphatic heterocycles. The molecule has 3 heteroatoms. The van der Waals surface area contributed by atoms with Gasteiger partial charge in [0, 0.05) is 30.5 Å². The van der Waals surface area contributed by atoms with E-state index in [1.807, 2.05) is 0 Å². The highest BCUT2D eigenvalue weighted by Gasteiger charge is 2.49. The molecule has 0 aromatic rings. The van der Waals surface area contributed by atoms with Crippen LogP contribution in [0.5, 0.6) is 0 Å². The fraction of sp³-hybridized carbons (Fsp3) is 0.688. The van der Waals surface area contributed by atoms with Crippen LogP contribution in [0.1, 0.15) is 32.6 Å². The zero-order valence-corrected chi connectivity index (χ0v) is 11.5. The molecule has 19 heavy (non-hydrogen) atoms. The first kappa shape index (κ1) is 11.7. The van der Waals surface area contributed by atoms with Crippen LogP contribution < -0.4 is 0 Å². The van der Waals surface area contributed by atoms with Crippen molar-refractivity contribution in [1.82, 2.24) is 4.90 Å². The highest BCUT2D eigenvalue weighted by molar-refractivity contribution is 6.00. The zero-order chi connectivity index (χ0) is 13.0. The number of carbonyl (C=O) groups excluding carboxylic acids is 1. The molecule has 4 aliphatic rings. The number of allylic oxidation sites excluding steroid dienone is 3. The minimum Gasteiger partial charge on any atom is -0.493 e. The average molecular weight is 259 g/mol. The Balaban J connectivity index is 1.71. The molecule has 0 saturated carbocycles. The summed E-state index contributed by atoms with van der Waals surface area (Å²) in [4.78, 5) is 15.5. The smallest absolute Gasteiger partial charge is 0.171 e. The molecule has 102 valence electrons. The molecule has 0 spiro atoms. The molecule has 0 aromatic heterocycles. The van der Waals surface area contributed by atoms with Gasteiger partial charge in [0.1, 0.15) is 11.9 Å². The van der Waals surface area contributed by atoms with Crippen LogP contribution >= 0.6 is 0 Å². The maximum Gasteiger partial charge on any atom is 0.171 e. The molecule has 1 aliphatic carbocycles. The van der Waals surface area contributed by atoms with E-state index >= 15 is 0 Å². The van der Waals surface area contributed by atoms with Crippen LogP contribution in [-0.4, -0.2) is 35.9 Å². The van der Waals surface area contributed by atoms with Crippen molar-refractivity contribution in [3.8, 4) is 0 Å². The van der Waals surface area contributed by atoms with Crippen LogP contribution in [-0.2, 0) is 9.53 Å². The number of piperidine rings is 1. The predicted octanol–water partition coefficient (Wildman–Crippen LogP) is 2.29. The molecule has 2 fully saturated rings. The number of ketones is 1. The highest BCUT2D eigenvalue weighted by atomic mass is 16.5. The van der Waals surface area contributed by atoms with E-state index in [0.717, 1.165) is 30.7 Å². The van der Waals surface area contributed by atoms with E-state index in [1.54, 1.807) is 0 Å². The maximum absolute atomic E-state index is 12.9. The predicted molar refractivity (Wildman–Crippen MR) is 72.5 cm³/mol. The molecule has 0 unspecified atom stereocenters. The summed E-state index contributed by atoms with van der Waals surface area (Å²) in [5.41, 5.74) is 0.970. The second kappa shape index (κ2) is 4.20. The van der Waals surface area contributed by atoms with Gasteiger partial charge in [0.2, 0.25) is 0 Å². The quantitative estimate of drug-likeness (QED) is 0.625. The molecule has 0 amide bonds. The number of nitrogens with zero attached hydrogens (tertiary/aromatic N) is 1. The van der Waals surface area contributed by atoms with Crippen LogP contribution in [0.4, 0.5) is 0 Å². The summed E-state index contributed by atoms with van der Waals surface area (Å²) < 4.78 is 6.22. The van der Waals surface area contributed by atoms with Gasteiger partial charge in [0.15, 0.2) is 5.78 Å². The van der Waals surface area contributed by atoms with Gasteiger partial charge in [-0.25, -0.2) is 0 Å². The summed E-state index contributed by atoms with van der Waals surface area (Å²) in [6.07, 6.45) is 8.66. The van der Waals surface area contributed by atoms with Crippen molar-refractivity contribution >= 4 is 5.78 Å². The van der Waals surface area contributed by atoms with Gasteiger partial charge in [0.05, 0.1) is 5.92 Å². The third-order valence-corrected chi connectivity index (χ3v) is 5.28. The average Bonchev–Trinajstić information content (AvgIpc) is 2.86. The second-order valence-electron chi connectivity index (χ2n) is 6.34. The van der Waals surface area contributed by atoms with E-state index in [1.165, 1.54) is 19.4 Å². The molecular formula is C16H21NO2. The Morgan fingerprint density at radius 3 is 3.11 bits per heavy atom. The summed E-state index contributed by atoms with van der Waals surface area (Å²) in [6, 6.07) is 0.443.